The third-order valence-electron chi connectivity index (χ3n) is 6.82. The van der Waals surface area contributed by atoms with Gasteiger partial charge < -0.3 is 14.2 Å². The molecule has 1 atom stereocenters. The molecule has 1 aromatic heterocycles. The lowest BCUT2D eigenvalue weighted by Gasteiger charge is -2.37. The summed E-state index contributed by atoms with van der Waals surface area (Å²) in [6, 6.07) is 14.6. The molecule has 6 heteroatoms. The van der Waals surface area contributed by atoms with Crippen molar-refractivity contribution >= 4 is 6.09 Å². The van der Waals surface area contributed by atoms with Crippen molar-refractivity contribution in [1.82, 2.24) is 14.4 Å². The highest BCUT2D eigenvalue weighted by Gasteiger charge is 2.47. The average molecular weight is 407 g/mol. The van der Waals surface area contributed by atoms with Crippen molar-refractivity contribution < 1.29 is 9.53 Å². The van der Waals surface area contributed by atoms with Crippen molar-refractivity contribution in [3.05, 3.63) is 58.9 Å². The second-order valence-electron chi connectivity index (χ2n) is 8.83. The van der Waals surface area contributed by atoms with Crippen LogP contribution >= 0.6 is 0 Å². The third-order valence-corrected chi connectivity index (χ3v) is 6.82. The fourth-order valence-electron chi connectivity index (χ4n) is 4.70. The predicted octanol–water partition coefficient (Wildman–Crippen LogP) is 3.80. The Morgan fingerprint density at radius 1 is 1.23 bits per heavy atom. The first-order valence-corrected chi connectivity index (χ1v) is 10.7. The first-order valence-electron chi connectivity index (χ1n) is 10.7. The van der Waals surface area contributed by atoms with E-state index in [1.165, 1.54) is 11.1 Å². The lowest BCUT2D eigenvalue weighted by Crippen LogP contribution is -2.46. The van der Waals surface area contributed by atoms with Crippen LogP contribution in [0.3, 0.4) is 0 Å². The van der Waals surface area contributed by atoms with Gasteiger partial charge >= 0.3 is 6.09 Å². The molecule has 0 radical (unpaired) electrons. The van der Waals surface area contributed by atoms with Crippen LogP contribution in [0.5, 0.6) is 0 Å². The second-order valence-corrected chi connectivity index (χ2v) is 8.83. The number of piperidine rings is 1. The van der Waals surface area contributed by atoms with Gasteiger partial charge in [-0.15, -0.1) is 0 Å². The van der Waals surface area contributed by atoms with E-state index in [1.807, 2.05) is 40.8 Å². The van der Waals surface area contributed by atoms with Gasteiger partial charge in [-0.1, -0.05) is 37.3 Å². The van der Waals surface area contributed by atoms with E-state index >= 15 is 0 Å². The highest BCUT2D eigenvalue weighted by atomic mass is 16.6. The monoisotopic (exact) mass is 406 g/mol. The normalized spacial score (nSPS) is 19.7. The molecule has 2 aliphatic rings. The Labute approximate surface area is 178 Å². The van der Waals surface area contributed by atoms with Crippen molar-refractivity contribution in [3.63, 3.8) is 0 Å². The van der Waals surface area contributed by atoms with Gasteiger partial charge in [0.05, 0.1) is 6.54 Å². The number of benzene rings is 1. The molecule has 2 aromatic rings. The zero-order valence-electron chi connectivity index (χ0n) is 18.1. The molecule has 0 unspecified atom stereocenters. The van der Waals surface area contributed by atoms with Gasteiger partial charge in [0, 0.05) is 51.8 Å². The van der Waals surface area contributed by atoms with E-state index in [1.54, 1.807) is 0 Å². The molecular weight excluding hydrogens is 376 g/mol. The molecule has 30 heavy (non-hydrogen) atoms. The van der Waals surface area contributed by atoms with Crippen LogP contribution in [0.15, 0.2) is 36.4 Å². The SMILES string of the molecule is Cc1c(CN2CCC3(CC2)CN(C[C@@H](C)c2ccccc2)C(=O)O3)cc(C#N)n1C. The van der Waals surface area contributed by atoms with Crippen LogP contribution in [-0.4, -0.2) is 52.2 Å². The van der Waals surface area contributed by atoms with Gasteiger partial charge in [-0.3, -0.25) is 4.90 Å². The molecule has 0 aliphatic carbocycles. The molecule has 2 saturated heterocycles. The number of ether oxygens (including phenoxy) is 1. The average Bonchev–Trinajstić information content (AvgIpc) is 3.20. The van der Waals surface area contributed by atoms with E-state index in [2.05, 4.69) is 36.9 Å². The van der Waals surface area contributed by atoms with E-state index in [0.717, 1.165) is 38.2 Å². The van der Waals surface area contributed by atoms with Crippen LogP contribution in [0.2, 0.25) is 0 Å². The summed E-state index contributed by atoms with van der Waals surface area (Å²) in [5.74, 6) is 0.282. The number of rotatable bonds is 5. The number of carbonyl (C=O) groups is 1. The molecule has 0 N–H and O–H groups in total. The molecule has 1 spiro atoms. The summed E-state index contributed by atoms with van der Waals surface area (Å²) in [5.41, 5.74) is 3.93. The van der Waals surface area contributed by atoms with Gasteiger partial charge in [-0.05, 0) is 30.0 Å². The summed E-state index contributed by atoms with van der Waals surface area (Å²) in [6.07, 6.45) is 1.53. The Hall–Kier alpha value is -2.78. The van der Waals surface area contributed by atoms with E-state index in [4.69, 9.17) is 4.74 Å². The smallest absolute Gasteiger partial charge is 0.410 e. The van der Waals surface area contributed by atoms with Crippen LogP contribution in [0.1, 0.15) is 48.2 Å². The van der Waals surface area contributed by atoms with Crippen LogP contribution in [-0.2, 0) is 18.3 Å². The number of amides is 1. The summed E-state index contributed by atoms with van der Waals surface area (Å²) >= 11 is 0. The largest absolute Gasteiger partial charge is 0.441 e. The quantitative estimate of drug-likeness (QED) is 0.758. The summed E-state index contributed by atoms with van der Waals surface area (Å²) in [6.45, 7) is 8.21. The van der Waals surface area contributed by atoms with Gasteiger partial charge in [-0.25, -0.2) is 4.79 Å². The first kappa shape index (κ1) is 20.5. The Bertz CT molecular complexity index is 952. The summed E-state index contributed by atoms with van der Waals surface area (Å²) in [4.78, 5) is 16.8. The molecule has 3 heterocycles. The predicted molar refractivity (Wildman–Crippen MR) is 115 cm³/mol. The highest BCUT2D eigenvalue weighted by molar-refractivity contribution is 5.71. The Balaban J connectivity index is 1.34. The zero-order valence-corrected chi connectivity index (χ0v) is 18.1. The molecule has 0 bridgehead atoms. The minimum atomic E-state index is -0.354. The van der Waals surface area contributed by atoms with Crippen molar-refractivity contribution in [1.29, 1.82) is 5.26 Å². The Morgan fingerprint density at radius 3 is 2.57 bits per heavy atom. The molecule has 158 valence electrons. The molecule has 1 aromatic carbocycles. The van der Waals surface area contributed by atoms with E-state index in [-0.39, 0.29) is 17.6 Å². The number of nitriles is 1. The molecule has 2 aliphatic heterocycles. The number of hydrogen-bond acceptors (Lipinski definition) is 4. The van der Waals surface area contributed by atoms with Gasteiger partial charge in [0.1, 0.15) is 17.4 Å². The fraction of sp³-hybridized carbons (Fsp3) is 0.500. The van der Waals surface area contributed by atoms with Crippen molar-refractivity contribution in [2.24, 2.45) is 7.05 Å². The van der Waals surface area contributed by atoms with Crippen molar-refractivity contribution in [2.45, 2.75) is 44.8 Å². The van der Waals surface area contributed by atoms with Gasteiger partial charge in [0.15, 0.2) is 0 Å². The molecule has 0 saturated carbocycles. The first-order chi connectivity index (χ1) is 14.4. The number of nitrogens with zero attached hydrogens (tertiary/aromatic N) is 4. The zero-order chi connectivity index (χ0) is 21.3. The summed E-state index contributed by atoms with van der Waals surface area (Å²) in [7, 11) is 1.94. The second kappa shape index (κ2) is 8.16. The van der Waals surface area contributed by atoms with Crippen LogP contribution < -0.4 is 0 Å². The van der Waals surface area contributed by atoms with Crippen LogP contribution in [0.25, 0.3) is 0 Å². The summed E-state index contributed by atoms with van der Waals surface area (Å²) in [5, 5.41) is 9.25. The molecule has 4 rings (SSSR count). The molecule has 2 fully saturated rings. The molecule has 1 amide bonds. The van der Waals surface area contributed by atoms with Gasteiger partial charge in [0.25, 0.3) is 0 Å². The number of likely N-dealkylation sites (tertiary alicyclic amines) is 1. The lowest BCUT2D eigenvalue weighted by atomic mass is 9.90. The van der Waals surface area contributed by atoms with E-state index < -0.39 is 0 Å². The maximum absolute atomic E-state index is 12.6. The maximum atomic E-state index is 12.6. The summed E-state index contributed by atoms with van der Waals surface area (Å²) < 4.78 is 7.86. The number of hydrogen-bond donors (Lipinski definition) is 0. The Kier molecular flexibility index (Phi) is 5.57. The van der Waals surface area contributed by atoms with Crippen molar-refractivity contribution in [2.75, 3.05) is 26.2 Å². The molecule has 6 nitrogen and oxygen atoms in total. The number of carbonyl (C=O) groups excluding carboxylic acids is 1. The van der Waals surface area contributed by atoms with E-state index in [0.29, 0.717) is 18.8 Å². The Morgan fingerprint density at radius 2 is 1.93 bits per heavy atom. The van der Waals surface area contributed by atoms with Crippen molar-refractivity contribution in [3.8, 4) is 6.07 Å². The minimum Gasteiger partial charge on any atom is -0.441 e. The standard InChI is InChI=1S/C24H30N4O2/c1-18(20-7-5-4-6-8-20)15-28-17-24(30-23(28)29)9-11-27(12-10-24)16-21-13-22(14-25)26(3)19(21)2/h4-8,13,18H,9-12,15-17H2,1-3H3/t18-/m1/s1. The topological polar surface area (TPSA) is 61.5 Å². The van der Waals surface area contributed by atoms with E-state index in [9.17, 15) is 10.1 Å². The van der Waals surface area contributed by atoms with Gasteiger partial charge in [-0.2, -0.15) is 5.26 Å². The third kappa shape index (κ3) is 3.95. The maximum Gasteiger partial charge on any atom is 0.410 e. The highest BCUT2D eigenvalue weighted by Crippen LogP contribution is 2.35. The lowest BCUT2D eigenvalue weighted by molar-refractivity contribution is -0.00127. The number of aromatic nitrogens is 1. The van der Waals surface area contributed by atoms with Gasteiger partial charge in [0.2, 0.25) is 0 Å². The molecular formula is C24H30N4O2. The minimum absolute atomic E-state index is 0.177. The van der Waals surface area contributed by atoms with Crippen LogP contribution in [0.4, 0.5) is 4.79 Å². The van der Waals surface area contributed by atoms with Crippen LogP contribution in [0, 0.1) is 18.3 Å². The fourth-order valence-corrected chi connectivity index (χ4v) is 4.70.